The van der Waals surface area contributed by atoms with Gasteiger partial charge >= 0.3 is 0 Å². The fourth-order valence-corrected chi connectivity index (χ4v) is 5.01. The van der Waals surface area contributed by atoms with Gasteiger partial charge in [0.2, 0.25) is 5.91 Å². The van der Waals surface area contributed by atoms with E-state index in [0.29, 0.717) is 30.8 Å². The van der Waals surface area contributed by atoms with E-state index in [0.717, 1.165) is 17.0 Å². The summed E-state index contributed by atoms with van der Waals surface area (Å²) in [6.45, 7) is 3.24. The molecular formula is C22H21N3O4. The van der Waals surface area contributed by atoms with Crippen molar-refractivity contribution >= 4 is 17.7 Å². The van der Waals surface area contributed by atoms with Crippen LogP contribution >= 0.6 is 0 Å². The number of nitrogens with zero attached hydrogens (tertiary/aromatic N) is 3. The maximum absolute atomic E-state index is 13.2. The Morgan fingerprint density at radius 2 is 1.62 bits per heavy atom. The number of fused-ring (bicyclic) bond motifs is 5. The van der Waals surface area contributed by atoms with Gasteiger partial charge in [-0.1, -0.05) is 18.2 Å². The van der Waals surface area contributed by atoms with Crippen molar-refractivity contribution in [3.05, 3.63) is 69.6 Å². The number of hydrogen-bond donors (Lipinski definition) is 0. The lowest BCUT2D eigenvalue weighted by Crippen LogP contribution is -2.55. The van der Waals surface area contributed by atoms with E-state index in [1.807, 2.05) is 10.6 Å². The molecule has 3 aliphatic rings. The van der Waals surface area contributed by atoms with E-state index < -0.39 is 17.9 Å². The van der Waals surface area contributed by atoms with E-state index in [1.54, 1.807) is 48.2 Å². The zero-order valence-electron chi connectivity index (χ0n) is 16.1. The number of piperidine rings is 1. The smallest absolute Gasteiger partial charge is 0.262 e. The van der Waals surface area contributed by atoms with Crippen molar-refractivity contribution in [2.75, 3.05) is 13.1 Å². The molecule has 0 spiro atoms. The number of benzene rings is 1. The van der Waals surface area contributed by atoms with E-state index >= 15 is 0 Å². The second-order valence-corrected chi connectivity index (χ2v) is 8.14. The third-order valence-electron chi connectivity index (χ3n) is 6.36. The summed E-state index contributed by atoms with van der Waals surface area (Å²) in [5, 5.41) is 0. The highest BCUT2D eigenvalue weighted by Gasteiger charge is 2.44. The number of likely N-dealkylation sites (tertiary alicyclic amines) is 1. The van der Waals surface area contributed by atoms with E-state index in [-0.39, 0.29) is 23.3 Å². The fraction of sp³-hybridized carbons (Fsp3) is 0.364. The zero-order valence-corrected chi connectivity index (χ0v) is 16.1. The molecule has 7 heteroatoms. The number of hydrogen-bond acceptors (Lipinski definition) is 4. The number of carbonyl (C=O) groups excluding carboxylic acids is 3. The normalized spacial score (nSPS) is 23.6. The van der Waals surface area contributed by atoms with Crippen LogP contribution in [0.15, 0.2) is 47.3 Å². The summed E-state index contributed by atoms with van der Waals surface area (Å²) >= 11 is 0. The molecule has 148 valence electrons. The monoisotopic (exact) mass is 391 g/mol. The molecule has 4 heterocycles. The quantitative estimate of drug-likeness (QED) is 0.727. The lowest BCUT2D eigenvalue weighted by Gasteiger charge is -2.43. The van der Waals surface area contributed by atoms with Crippen LogP contribution in [0.25, 0.3) is 0 Å². The molecular weight excluding hydrogens is 370 g/mol. The van der Waals surface area contributed by atoms with Gasteiger partial charge in [-0.3, -0.25) is 24.1 Å². The molecule has 29 heavy (non-hydrogen) atoms. The number of rotatable bonds is 2. The van der Waals surface area contributed by atoms with Gasteiger partial charge in [0, 0.05) is 37.3 Å². The van der Waals surface area contributed by atoms with Gasteiger partial charge in [-0.05, 0) is 37.5 Å². The minimum absolute atomic E-state index is 0.00336. The van der Waals surface area contributed by atoms with E-state index in [9.17, 15) is 19.2 Å². The van der Waals surface area contributed by atoms with Crippen molar-refractivity contribution in [2.24, 2.45) is 5.92 Å². The Hall–Kier alpha value is -3.22. The Morgan fingerprint density at radius 3 is 2.31 bits per heavy atom. The predicted molar refractivity (Wildman–Crippen MR) is 105 cm³/mol. The Morgan fingerprint density at radius 1 is 0.931 bits per heavy atom. The minimum Gasteiger partial charge on any atom is -0.340 e. The summed E-state index contributed by atoms with van der Waals surface area (Å²) in [6.07, 6.45) is 0.939. The van der Waals surface area contributed by atoms with Gasteiger partial charge in [-0.15, -0.1) is 0 Å². The van der Waals surface area contributed by atoms with Crippen LogP contribution in [0.5, 0.6) is 0 Å². The second-order valence-electron chi connectivity index (χ2n) is 8.14. The summed E-state index contributed by atoms with van der Waals surface area (Å²) in [5.41, 5.74) is 1.65. The summed E-state index contributed by atoms with van der Waals surface area (Å²) in [5.74, 6) is -0.767. The third-order valence-corrected chi connectivity index (χ3v) is 6.36. The molecule has 5 rings (SSSR count). The van der Waals surface area contributed by atoms with E-state index in [1.165, 1.54) is 0 Å². The molecule has 3 amide bonds. The van der Waals surface area contributed by atoms with E-state index in [4.69, 9.17) is 0 Å². The van der Waals surface area contributed by atoms with Gasteiger partial charge in [0.25, 0.3) is 17.4 Å². The summed E-state index contributed by atoms with van der Waals surface area (Å²) in [6, 6.07) is 11.1. The second kappa shape index (κ2) is 6.40. The van der Waals surface area contributed by atoms with Gasteiger partial charge in [0.05, 0.1) is 11.1 Å². The molecule has 7 nitrogen and oxygen atoms in total. The Labute approximate surface area is 167 Å². The molecule has 1 fully saturated rings. The largest absolute Gasteiger partial charge is 0.340 e. The van der Waals surface area contributed by atoms with Gasteiger partial charge in [0.15, 0.2) is 0 Å². The maximum atomic E-state index is 13.2. The zero-order chi connectivity index (χ0) is 20.3. The van der Waals surface area contributed by atoms with Crippen LogP contribution in [0.4, 0.5) is 0 Å². The molecule has 1 aromatic heterocycles. The minimum atomic E-state index is -0.862. The number of aromatic nitrogens is 1. The first-order valence-corrected chi connectivity index (χ1v) is 9.91. The number of imide groups is 1. The molecule has 0 aliphatic carbocycles. The van der Waals surface area contributed by atoms with Crippen LogP contribution in [-0.4, -0.2) is 51.2 Å². The summed E-state index contributed by atoms with van der Waals surface area (Å²) in [7, 11) is 0. The predicted octanol–water partition coefficient (Wildman–Crippen LogP) is 1.48. The van der Waals surface area contributed by atoms with Crippen molar-refractivity contribution in [2.45, 2.75) is 31.8 Å². The standard InChI is InChI=1S/C22H21N3O4/c1-13(25-21(28)16-5-2-3-6-17(16)22(25)29)20(27)23-10-14-9-15(12-23)18-7-4-8-19(26)24(18)11-14/h2-8,13-15H,9-12H2,1H3. The topological polar surface area (TPSA) is 79.7 Å². The highest BCUT2D eigenvalue weighted by Crippen LogP contribution is 2.35. The molecule has 2 bridgehead atoms. The highest BCUT2D eigenvalue weighted by atomic mass is 16.2. The highest BCUT2D eigenvalue weighted by molar-refractivity contribution is 6.22. The molecule has 3 atom stereocenters. The van der Waals surface area contributed by atoms with Gasteiger partial charge in [-0.2, -0.15) is 0 Å². The van der Waals surface area contributed by atoms with Crippen molar-refractivity contribution in [3.8, 4) is 0 Å². The Bertz CT molecular complexity index is 1070. The molecule has 1 aromatic carbocycles. The first kappa shape index (κ1) is 17.8. The van der Waals surface area contributed by atoms with Crippen LogP contribution < -0.4 is 5.56 Å². The molecule has 3 unspecified atom stereocenters. The lowest BCUT2D eigenvalue weighted by molar-refractivity contribution is -0.137. The average Bonchev–Trinajstić information content (AvgIpc) is 2.98. The van der Waals surface area contributed by atoms with Gasteiger partial charge in [-0.25, -0.2) is 0 Å². The van der Waals surface area contributed by atoms with Crippen molar-refractivity contribution in [1.29, 1.82) is 0 Å². The van der Waals surface area contributed by atoms with Crippen LogP contribution in [0.2, 0.25) is 0 Å². The summed E-state index contributed by atoms with van der Waals surface area (Å²) < 4.78 is 1.81. The first-order chi connectivity index (χ1) is 14.0. The lowest BCUT2D eigenvalue weighted by atomic mass is 9.83. The molecule has 2 aromatic rings. The van der Waals surface area contributed by atoms with Crippen molar-refractivity contribution < 1.29 is 14.4 Å². The SMILES string of the molecule is CC(C(=O)N1CC2CC(C1)c1cccc(=O)n1C2)N1C(=O)c2ccccc2C1=O. The fourth-order valence-electron chi connectivity index (χ4n) is 5.01. The first-order valence-electron chi connectivity index (χ1n) is 9.91. The molecule has 0 N–H and O–H groups in total. The van der Waals surface area contributed by atoms with Crippen LogP contribution in [0, 0.1) is 5.92 Å². The maximum Gasteiger partial charge on any atom is 0.262 e. The molecule has 1 saturated heterocycles. The molecule has 0 saturated carbocycles. The number of amides is 3. The van der Waals surface area contributed by atoms with Crippen LogP contribution in [0.3, 0.4) is 0 Å². The Kier molecular flexibility index (Phi) is 3.94. The molecule has 0 radical (unpaired) electrons. The van der Waals surface area contributed by atoms with Gasteiger partial charge in [0.1, 0.15) is 6.04 Å². The van der Waals surface area contributed by atoms with E-state index in [2.05, 4.69) is 0 Å². The molecule has 3 aliphatic heterocycles. The Balaban J connectivity index is 1.39. The number of carbonyl (C=O) groups is 3. The van der Waals surface area contributed by atoms with Crippen LogP contribution in [-0.2, 0) is 11.3 Å². The third kappa shape index (κ3) is 2.64. The number of pyridine rings is 1. The van der Waals surface area contributed by atoms with Gasteiger partial charge < -0.3 is 9.47 Å². The van der Waals surface area contributed by atoms with Crippen molar-refractivity contribution in [1.82, 2.24) is 14.4 Å². The average molecular weight is 391 g/mol. The van der Waals surface area contributed by atoms with Crippen LogP contribution in [0.1, 0.15) is 45.7 Å². The summed E-state index contributed by atoms with van der Waals surface area (Å²) in [4.78, 5) is 53.7. The van der Waals surface area contributed by atoms with Crippen molar-refractivity contribution in [3.63, 3.8) is 0 Å².